The molecule has 4 nitrogen and oxygen atoms in total. The summed E-state index contributed by atoms with van der Waals surface area (Å²) in [5, 5.41) is 5.22. The Hall–Kier alpha value is -0.0800. The molecule has 1 heterocycles. The van der Waals surface area contributed by atoms with Crippen molar-refractivity contribution in [3.63, 3.8) is 0 Å². The Bertz CT molecular complexity index is 526. The van der Waals surface area contributed by atoms with E-state index in [4.69, 9.17) is 0 Å². The van der Waals surface area contributed by atoms with Crippen LogP contribution in [0.25, 0.3) is 0 Å². The number of nitrogens with one attached hydrogen (secondary N) is 1. The summed E-state index contributed by atoms with van der Waals surface area (Å²) < 4.78 is 27.1. The molecule has 1 atom stereocenters. The highest BCUT2D eigenvalue weighted by Crippen LogP contribution is 2.25. The number of nitrogens with zero attached hydrogens (tertiary/aromatic N) is 1. The van der Waals surface area contributed by atoms with Gasteiger partial charge in [-0.25, -0.2) is 8.42 Å². The third-order valence-electron chi connectivity index (χ3n) is 3.34. The lowest BCUT2D eigenvalue weighted by Gasteiger charge is -2.23. The van der Waals surface area contributed by atoms with Crippen LogP contribution in [0.1, 0.15) is 32.8 Å². The van der Waals surface area contributed by atoms with E-state index < -0.39 is 10.0 Å². The zero-order valence-electron chi connectivity index (χ0n) is 13.4. The average Bonchev–Trinajstić information content (AvgIpc) is 2.91. The fraction of sp³-hybridized carbons (Fsp3) is 0.714. The molecule has 1 unspecified atom stereocenters. The maximum atomic E-state index is 12.6. The van der Waals surface area contributed by atoms with E-state index in [1.54, 1.807) is 24.9 Å². The lowest BCUT2D eigenvalue weighted by Crippen LogP contribution is -2.35. The second-order valence-corrected chi connectivity index (χ2v) is 9.58. The largest absolute Gasteiger partial charge is 0.310 e. The summed E-state index contributed by atoms with van der Waals surface area (Å²) in [6.07, 6.45) is 2.90. The van der Waals surface area contributed by atoms with Crippen molar-refractivity contribution in [3.05, 3.63) is 17.0 Å². The van der Waals surface area contributed by atoms with E-state index in [0.717, 1.165) is 17.7 Å². The van der Waals surface area contributed by atoms with Crippen LogP contribution in [0.15, 0.2) is 15.7 Å². The van der Waals surface area contributed by atoms with Gasteiger partial charge in [0.05, 0.1) is 0 Å². The van der Waals surface area contributed by atoms with Crippen molar-refractivity contribution >= 4 is 33.1 Å². The van der Waals surface area contributed by atoms with Crippen molar-refractivity contribution in [3.8, 4) is 0 Å². The molecule has 0 saturated heterocycles. The van der Waals surface area contributed by atoms with Crippen LogP contribution in [-0.2, 0) is 16.6 Å². The second kappa shape index (κ2) is 8.53. The van der Waals surface area contributed by atoms with Crippen LogP contribution >= 0.6 is 23.1 Å². The van der Waals surface area contributed by atoms with Gasteiger partial charge in [0.15, 0.2) is 0 Å². The predicted octanol–water partition coefficient (Wildman–Crippen LogP) is 3.01. The molecule has 0 fully saturated rings. The van der Waals surface area contributed by atoms with Gasteiger partial charge in [-0.15, -0.1) is 11.3 Å². The van der Waals surface area contributed by atoms with Gasteiger partial charge in [-0.05, 0) is 42.4 Å². The van der Waals surface area contributed by atoms with Gasteiger partial charge in [0.1, 0.15) is 4.21 Å². The molecule has 0 aliphatic heterocycles. The topological polar surface area (TPSA) is 49.4 Å². The summed E-state index contributed by atoms with van der Waals surface area (Å²) in [7, 11) is -1.70. The highest BCUT2D eigenvalue weighted by atomic mass is 32.2. The van der Waals surface area contributed by atoms with E-state index in [0.29, 0.717) is 16.8 Å². The van der Waals surface area contributed by atoms with Crippen molar-refractivity contribution in [2.75, 3.05) is 19.1 Å². The molecule has 0 radical (unpaired) electrons. The van der Waals surface area contributed by atoms with Crippen LogP contribution in [0.2, 0.25) is 0 Å². The molecule has 1 aromatic rings. The second-order valence-electron chi connectivity index (χ2n) is 5.46. The van der Waals surface area contributed by atoms with Crippen LogP contribution in [0.5, 0.6) is 0 Å². The molecule has 122 valence electrons. The molecule has 0 aliphatic rings. The normalized spacial score (nSPS) is 14.0. The van der Waals surface area contributed by atoms with Crippen molar-refractivity contribution < 1.29 is 8.42 Å². The molecule has 0 aromatic carbocycles. The predicted molar refractivity (Wildman–Crippen MR) is 93.7 cm³/mol. The van der Waals surface area contributed by atoms with Gasteiger partial charge in [-0.3, -0.25) is 0 Å². The minimum atomic E-state index is -3.37. The smallest absolute Gasteiger partial charge is 0.252 e. The molecule has 0 amide bonds. The number of hydrogen-bond acceptors (Lipinski definition) is 5. The summed E-state index contributed by atoms with van der Waals surface area (Å²) in [6, 6.07) is 2.19. The van der Waals surface area contributed by atoms with Gasteiger partial charge in [0.25, 0.3) is 10.0 Å². The van der Waals surface area contributed by atoms with Gasteiger partial charge in [-0.2, -0.15) is 16.1 Å². The lowest BCUT2D eigenvalue weighted by atomic mass is 10.3. The summed E-state index contributed by atoms with van der Waals surface area (Å²) >= 11 is 3.04. The van der Waals surface area contributed by atoms with E-state index in [1.807, 2.05) is 18.6 Å². The highest BCUT2D eigenvalue weighted by Gasteiger charge is 2.26. The standard InChI is InChI=1S/C14H26N2O2S3/c1-11(2)15-9-13-8-14(20-10-13)21(17,18)16(4)12(3)6-7-19-5/h8,10-12,15H,6-7,9H2,1-5H3. The number of sulfonamides is 1. The molecule has 7 heteroatoms. The molecule has 0 aliphatic carbocycles. The van der Waals surface area contributed by atoms with E-state index in [9.17, 15) is 8.42 Å². The zero-order chi connectivity index (χ0) is 16.0. The number of hydrogen-bond donors (Lipinski definition) is 1. The van der Waals surface area contributed by atoms with Gasteiger partial charge in [0.2, 0.25) is 0 Å². The highest BCUT2D eigenvalue weighted by molar-refractivity contribution is 7.98. The average molecular weight is 351 g/mol. The molecular weight excluding hydrogens is 324 g/mol. The summed E-state index contributed by atoms with van der Waals surface area (Å²) in [5.74, 6) is 0.967. The SMILES string of the molecule is CSCCC(C)N(C)S(=O)(=O)c1cc(CNC(C)C)cs1. The van der Waals surface area contributed by atoms with Gasteiger partial charge in [0, 0.05) is 25.7 Å². The van der Waals surface area contributed by atoms with Crippen molar-refractivity contribution in [1.82, 2.24) is 9.62 Å². The first-order chi connectivity index (χ1) is 9.78. The van der Waals surface area contributed by atoms with Crippen LogP contribution in [0.3, 0.4) is 0 Å². The molecule has 1 rings (SSSR count). The van der Waals surface area contributed by atoms with E-state index in [1.165, 1.54) is 15.6 Å². The first-order valence-corrected chi connectivity index (χ1v) is 10.8. The van der Waals surface area contributed by atoms with E-state index in [-0.39, 0.29) is 6.04 Å². The van der Waals surface area contributed by atoms with Crippen molar-refractivity contribution in [1.29, 1.82) is 0 Å². The Morgan fingerprint density at radius 2 is 2.05 bits per heavy atom. The molecule has 0 saturated carbocycles. The Morgan fingerprint density at radius 3 is 2.62 bits per heavy atom. The van der Waals surface area contributed by atoms with Crippen LogP contribution < -0.4 is 5.32 Å². The van der Waals surface area contributed by atoms with Gasteiger partial charge < -0.3 is 5.32 Å². The minimum Gasteiger partial charge on any atom is -0.310 e. The van der Waals surface area contributed by atoms with Crippen LogP contribution in [0, 0.1) is 0 Å². The molecule has 1 N–H and O–H groups in total. The number of rotatable bonds is 9. The van der Waals surface area contributed by atoms with Crippen LogP contribution in [-0.4, -0.2) is 43.9 Å². The molecular formula is C14H26N2O2S3. The number of thiophene rings is 1. The number of thioether (sulfide) groups is 1. The fourth-order valence-electron chi connectivity index (χ4n) is 1.75. The molecule has 0 bridgehead atoms. The van der Waals surface area contributed by atoms with Gasteiger partial charge >= 0.3 is 0 Å². The Balaban J connectivity index is 2.78. The third kappa shape index (κ3) is 5.56. The Labute approximate surface area is 137 Å². The lowest BCUT2D eigenvalue weighted by molar-refractivity contribution is 0.383. The maximum absolute atomic E-state index is 12.6. The first-order valence-electron chi connectivity index (χ1n) is 7.06. The molecule has 0 spiro atoms. The summed E-state index contributed by atoms with van der Waals surface area (Å²) in [6.45, 7) is 6.81. The molecule has 1 aromatic heterocycles. The third-order valence-corrected chi connectivity index (χ3v) is 7.42. The molecule has 21 heavy (non-hydrogen) atoms. The maximum Gasteiger partial charge on any atom is 0.252 e. The first kappa shape index (κ1) is 19.0. The summed E-state index contributed by atoms with van der Waals surface area (Å²) in [5.41, 5.74) is 1.03. The van der Waals surface area contributed by atoms with Crippen molar-refractivity contribution in [2.24, 2.45) is 0 Å². The summed E-state index contributed by atoms with van der Waals surface area (Å²) in [4.78, 5) is 0. The Kier molecular flexibility index (Phi) is 7.70. The Morgan fingerprint density at radius 1 is 1.38 bits per heavy atom. The van der Waals surface area contributed by atoms with Gasteiger partial charge in [-0.1, -0.05) is 13.8 Å². The quantitative estimate of drug-likeness (QED) is 0.744. The minimum absolute atomic E-state index is 0.0155. The fourth-order valence-corrected chi connectivity index (χ4v) is 5.11. The zero-order valence-corrected chi connectivity index (χ0v) is 15.9. The monoisotopic (exact) mass is 350 g/mol. The van der Waals surface area contributed by atoms with Crippen LogP contribution in [0.4, 0.5) is 0 Å². The van der Waals surface area contributed by atoms with E-state index in [2.05, 4.69) is 19.2 Å². The van der Waals surface area contributed by atoms with Crippen molar-refractivity contribution in [2.45, 2.75) is 50.0 Å². The van der Waals surface area contributed by atoms with E-state index >= 15 is 0 Å².